The lowest BCUT2D eigenvalue weighted by atomic mass is 10.2. The molecule has 2 rings (SSSR count). The topological polar surface area (TPSA) is 58.6 Å². The fourth-order valence-electron chi connectivity index (χ4n) is 2.60. The zero-order valence-electron chi connectivity index (χ0n) is 12.9. The summed E-state index contributed by atoms with van der Waals surface area (Å²) >= 11 is 0. The molecule has 0 saturated carbocycles. The van der Waals surface area contributed by atoms with E-state index in [2.05, 4.69) is 12.2 Å². The number of benzene rings is 1. The molecule has 0 radical (unpaired) electrons. The van der Waals surface area contributed by atoms with Crippen molar-refractivity contribution in [1.82, 2.24) is 9.62 Å². The number of sulfonamides is 1. The Morgan fingerprint density at radius 1 is 1.43 bits per heavy atom. The van der Waals surface area contributed by atoms with Gasteiger partial charge in [0.25, 0.3) is 0 Å². The largest absolute Gasteiger partial charge is 0.494 e. The Morgan fingerprint density at radius 3 is 2.76 bits per heavy atom. The van der Waals surface area contributed by atoms with Gasteiger partial charge in [-0.15, -0.1) is 0 Å². The van der Waals surface area contributed by atoms with Gasteiger partial charge in [0, 0.05) is 25.2 Å². The van der Waals surface area contributed by atoms with Crippen molar-refractivity contribution in [3.8, 4) is 5.75 Å². The van der Waals surface area contributed by atoms with E-state index in [9.17, 15) is 8.42 Å². The molecule has 21 heavy (non-hydrogen) atoms. The SMILES string of the molecule is CCOc1ccc(S(=O)(=O)N2CCC(C)C2)cc1CNC. The third-order valence-corrected chi connectivity index (χ3v) is 5.58. The van der Waals surface area contributed by atoms with E-state index in [1.54, 1.807) is 22.5 Å². The van der Waals surface area contributed by atoms with Gasteiger partial charge in [-0.3, -0.25) is 0 Å². The van der Waals surface area contributed by atoms with Crippen molar-refractivity contribution >= 4 is 10.0 Å². The van der Waals surface area contributed by atoms with Crippen LogP contribution in [0, 0.1) is 5.92 Å². The molecule has 1 heterocycles. The molecule has 0 amide bonds. The van der Waals surface area contributed by atoms with Crippen molar-refractivity contribution in [1.29, 1.82) is 0 Å². The molecule has 1 fully saturated rings. The zero-order chi connectivity index (χ0) is 15.5. The predicted octanol–water partition coefficient (Wildman–Crippen LogP) is 1.84. The molecule has 118 valence electrons. The summed E-state index contributed by atoms with van der Waals surface area (Å²) in [6.45, 7) is 6.36. The highest BCUT2D eigenvalue weighted by molar-refractivity contribution is 7.89. The number of nitrogens with one attached hydrogen (secondary N) is 1. The maximum Gasteiger partial charge on any atom is 0.243 e. The summed E-state index contributed by atoms with van der Waals surface area (Å²) in [6.07, 6.45) is 0.930. The summed E-state index contributed by atoms with van der Waals surface area (Å²) in [5.74, 6) is 1.17. The highest BCUT2D eigenvalue weighted by Gasteiger charge is 2.30. The number of nitrogens with zero attached hydrogens (tertiary/aromatic N) is 1. The van der Waals surface area contributed by atoms with Crippen LogP contribution in [0.2, 0.25) is 0 Å². The second kappa shape index (κ2) is 6.77. The van der Waals surface area contributed by atoms with E-state index in [1.165, 1.54) is 0 Å². The van der Waals surface area contributed by atoms with Gasteiger partial charge < -0.3 is 10.1 Å². The zero-order valence-corrected chi connectivity index (χ0v) is 13.7. The quantitative estimate of drug-likeness (QED) is 0.871. The molecule has 1 aliphatic rings. The summed E-state index contributed by atoms with van der Waals surface area (Å²) in [7, 11) is -1.56. The van der Waals surface area contributed by atoms with E-state index in [1.807, 2.05) is 14.0 Å². The normalized spacial score (nSPS) is 19.9. The summed E-state index contributed by atoms with van der Waals surface area (Å²) in [4.78, 5) is 0.352. The molecule has 1 N–H and O–H groups in total. The standard InChI is InChI=1S/C15H24N2O3S/c1-4-20-15-6-5-14(9-13(15)10-16-3)21(18,19)17-8-7-12(2)11-17/h5-6,9,12,16H,4,7-8,10-11H2,1-3H3. The van der Waals surface area contributed by atoms with Crippen molar-refractivity contribution in [2.75, 3.05) is 26.7 Å². The van der Waals surface area contributed by atoms with Crippen LogP contribution in [-0.4, -0.2) is 39.5 Å². The van der Waals surface area contributed by atoms with Gasteiger partial charge in [0.1, 0.15) is 5.75 Å². The monoisotopic (exact) mass is 312 g/mol. The van der Waals surface area contributed by atoms with Crippen LogP contribution in [0.3, 0.4) is 0 Å². The first-order valence-electron chi connectivity index (χ1n) is 7.39. The summed E-state index contributed by atoms with van der Waals surface area (Å²) < 4.78 is 32.5. The van der Waals surface area contributed by atoms with Crippen molar-refractivity contribution in [3.05, 3.63) is 23.8 Å². The molecule has 1 atom stereocenters. The van der Waals surface area contributed by atoms with Crippen LogP contribution >= 0.6 is 0 Å². The molecule has 1 aromatic carbocycles. The van der Waals surface area contributed by atoms with E-state index in [0.717, 1.165) is 17.7 Å². The molecule has 5 nitrogen and oxygen atoms in total. The van der Waals surface area contributed by atoms with Crippen molar-refractivity contribution in [3.63, 3.8) is 0 Å². The van der Waals surface area contributed by atoms with Gasteiger partial charge in [-0.25, -0.2) is 8.42 Å². The van der Waals surface area contributed by atoms with Gasteiger partial charge in [0.05, 0.1) is 11.5 Å². The van der Waals surface area contributed by atoms with E-state index in [4.69, 9.17) is 4.74 Å². The molecule has 0 bridgehead atoms. The van der Waals surface area contributed by atoms with Crippen molar-refractivity contribution in [2.24, 2.45) is 5.92 Å². The second-order valence-electron chi connectivity index (χ2n) is 5.49. The fraction of sp³-hybridized carbons (Fsp3) is 0.600. The van der Waals surface area contributed by atoms with Crippen LogP contribution in [0.1, 0.15) is 25.8 Å². The van der Waals surface area contributed by atoms with Crippen LogP contribution in [0.5, 0.6) is 5.75 Å². The first kappa shape index (κ1) is 16.3. The lowest BCUT2D eigenvalue weighted by Crippen LogP contribution is -2.28. The highest BCUT2D eigenvalue weighted by Crippen LogP contribution is 2.28. The molecule has 1 aliphatic heterocycles. The fourth-order valence-corrected chi connectivity index (χ4v) is 4.23. The van der Waals surface area contributed by atoms with Gasteiger partial charge in [-0.05, 0) is 44.5 Å². The smallest absolute Gasteiger partial charge is 0.243 e. The van der Waals surface area contributed by atoms with Gasteiger partial charge in [0.15, 0.2) is 0 Å². The molecule has 1 unspecified atom stereocenters. The van der Waals surface area contributed by atoms with Crippen LogP contribution < -0.4 is 10.1 Å². The minimum Gasteiger partial charge on any atom is -0.494 e. The molecule has 1 aromatic rings. The van der Waals surface area contributed by atoms with E-state index >= 15 is 0 Å². The van der Waals surface area contributed by atoms with Crippen LogP contribution in [0.4, 0.5) is 0 Å². The maximum absolute atomic E-state index is 12.7. The first-order chi connectivity index (χ1) is 9.98. The lowest BCUT2D eigenvalue weighted by Gasteiger charge is -2.18. The van der Waals surface area contributed by atoms with E-state index in [0.29, 0.717) is 37.1 Å². The molecule has 0 spiro atoms. The molecule has 1 saturated heterocycles. The summed E-state index contributed by atoms with van der Waals surface area (Å²) in [5, 5.41) is 3.05. The number of hydrogen-bond donors (Lipinski definition) is 1. The van der Waals surface area contributed by atoms with Gasteiger partial charge in [0.2, 0.25) is 10.0 Å². The lowest BCUT2D eigenvalue weighted by molar-refractivity contribution is 0.335. The van der Waals surface area contributed by atoms with Crippen LogP contribution in [0.25, 0.3) is 0 Å². The Bertz CT molecular complexity index is 587. The van der Waals surface area contributed by atoms with Crippen molar-refractivity contribution in [2.45, 2.75) is 31.7 Å². The predicted molar refractivity (Wildman–Crippen MR) is 82.9 cm³/mol. The first-order valence-corrected chi connectivity index (χ1v) is 8.83. The maximum atomic E-state index is 12.7. The third-order valence-electron chi connectivity index (χ3n) is 3.72. The number of ether oxygens (including phenoxy) is 1. The van der Waals surface area contributed by atoms with Gasteiger partial charge >= 0.3 is 0 Å². The molecule has 0 aliphatic carbocycles. The summed E-state index contributed by atoms with van der Waals surface area (Å²) in [5.41, 5.74) is 0.868. The van der Waals surface area contributed by atoms with Crippen LogP contribution in [-0.2, 0) is 16.6 Å². The Morgan fingerprint density at radius 2 is 2.19 bits per heavy atom. The van der Waals surface area contributed by atoms with Gasteiger partial charge in [-0.1, -0.05) is 6.92 Å². The highest BCUT2D eigenvalue weighted by atomic mass is 32.2. The minimum absolute atomic E-state index is 0.352. The minimum atomic E-state index is -3.39. The second-order valence-corrected chi connectivity index (χ2v) is 7.43. The molecule has 6 heteroatoms. The Kier molecular flexibility index (Phi) is 5.24. The van der Waals surface area contributed by atoms with Crippen LogP contribution in [0.15, 0.2) is 23.1 Å². The van der Waals surface area contributed by atoms with E-state index < -0.39 is 10.0 Å². The Balaban J connectivity index is 2.32. The number of hydrogen-bond acceptors (Lipinski definition) is 4. The number of rotatable bonds is 6. The van der Waals surface area contributed by atoms with E-state index in [-0.39, 0.29) is 0 Å². The van der Waals surface area contributed by atoms with Gasteiger partial charge in [-0.2, -0.15) is 4.31 Å². The molecular formula is C15H24N2O3S. The van der Waals surface area contributed by atoms with Crippen molar-refractivity contribution < 1.29 is 13.2 Å². The Labute approximate surface area is 127 Å². The Hall–Kier alpha value is -1.11. The molecule has 0 aromatic heterocycles. The average Bonchev–Trinajstić information content (AvgIpc) is 2.88. The molecular weight excluding hydrogens is 288 g/mol. The summed E-state index contributed by atoms with van der Waals surface area (Å²) in [6, 6.07) is 5.12. The average molecular weight is 312 g/mol. The third kappa shape index (κ3) is 3.56.